The Morgan fingerprint density at radius 1 is 0.912 bits per heavy atom. The Balaban J connectivity index is 1.52. The van der Waals surface area contributed by atoms with E-state index in [1.165, 1.54) is 6.21 Å². The summed E-state index contributed by atoms with van der Waals surface area (Å²) >= 11 is 0. The molecule has 2 amide bonds. The fourth-order valence-electron chi connectivity index (χ4n) is 3.20. The highest BCUT2D eigenvalue weighted by molar-refractivity contribution is 6.05. The molecule has 2 N–H and O–H groups in total. The van der Waals surface area contributed by atoms with Gasteiger partial charge in [0, 0.05) is 25.3 Å². The van der Waals surface area contributed by atoms with Gasteiger partial charge in [-0.3, -0.25) is 9.59 Å². The number of anilines is 1. The molecule has 0 fully saturated rings. The summed E-state index contributed by atoms with van der Waals surface area (Å²) in [6.45, 7) is 0.144. The Kier molecular flexibility index (Phi) is 6.88. The van der Waals surface area contributed by atoms with E-state index in [0.29, 0.717) is 22.6 Å². The van der Waals surface area contributed by atoms with Gasteiger partial charge in [-0.05, 0) is 53.6 Å². The molecular formula is C26H24N4O4. The number of nitrogens with zero attached hydrogens (tertiary/aromatic N) is 2. The van der Waals surface area contributed by atoms with Gasteiger partial charge >= 0.3 is 0 Å². The number of carbonyl (C=O) groups is 2. The zero-order valence-corrected chi connectivity index (χ0v) is 18.8. The molecule has 8 nitrogen and oxygen atoms in total. The van der Waals surface area contributed by atoms with Gasteiger partial charge in [0.25, 0.3) is 11.8 Å². The second-order valence-electron chi connectivity index (χ2n) is 7.68. The van der Waals surface area contributed by atoms with Crippen LogP contribution in [0.25, 0.3) is 6.08 Å². The van der Waals surface area contributed by atoms with Crippen molar-refractivity contribution in [1.82, 2.24) is 10.7 Å². The third kappa shape index (κ3) is 5.60. The molecule has 0 aromatic heterocycles. The second-order valence-corrected chi connectivity index (χ2v) is 7.68. The number of fused-ring (bicyclic) bond motifs is 1. The molecule has 8 heteroatoms. The molecule has 3 aromatic rings. The SMILES string of the molecule is CN(C)c1ccc(/C=N\NC(=O)/C(=C\c2ccc3c(c2)OCO3)NC(=O)c2ccccc2)cc1. The molecule has 172 valence electrons. The average molecular weight is 457 g/mol. The predicted octanol–water partition coefficient (Wildman–Crippen LogP) is 3.40. The molecule has 0 aliphatic carbocycles. The monoisotopic (exact) mass is 456 g/mol. The summed E-state index contributed by atoms with van der Waals surface area (Å²) in [4.78, 5) is 27.6. The van der Waals surface area contributed by atoms with Crippen LogP contribution in [0.15, 0.2) is 83.6 Å². The first-order valence-electron chi connectivity index (χ1n) is 10.6. The minimum atomic E-state index is -0.567. The summed E-state index contributed by atoms with van der Waals surface area (Å²) in [6, 6.07) is 21.6. The van der Waals surface area contributed by atoms with Crippen LogP contribution in [0.4, 0.5) is 5.69 Å². The summed E-state index contributed by atoms with van der Waals surface area (Å²) in [5, 5.41) is 6.72. The maximum absolute atomic E-state index is 12.9. The van der Waals surface area contributed by atoms with Gasteiger partial charge in [0.2, 0.25) is 6.79 Å². The third-order valence-corrected chi connectivity index (χ3v) is 5.03. The first-order valence-corrected chi connectivity index (χ1v) is 10.6. The first-order chi connectivity index (χ1) is 16.5. The number of nitrogens with one attached hydrogen (secondary N) is 2. The van der Waals surface area contributed by atoms with Gasteiger partial charge in [-0.15, -0.1) is 0 Å². The van der Waals surface area contributed by atoms with E-state index in [2.05, 4.69) is 15.8 Å². The minimum Gasteiger partial charge on any atom is -0.454 e. The summed E-state index contributed by atoms with van der Waals surface area (Å²) < 4.78 is 10.7. The molecule has 0 radical (unpaired) electrons. The quantitative estimate of drug-likeness (QED) is 0.323. The Morgan fingerprint density at radius 2 is 1.62 bits per heavy atom. The van der Waals surface area contributed by atoms with Crippen molar-refractivity contribution in [3.63, 3.8) is 0 Å². The molecule has 0 atom stereocenters. The van der Waals surface area contributed by atoms with E-state index >= 15 is 0 Å². The van der Waals surface area contributed by atoms with Crippen LogP contribution in [-0.4, -0.2) is 38.9 Å². The number of hydrazone groups is 1. The molecule has 1 aliphatic rings. The van der Waals surface area contributed by atoms with Crippen LogP contribution in [0.5, 0.6) is 11.5 Å². The normalized spacial score (nSPS) is 12.5. The van der Waals surface area contributed by atoms with Crippen molar-refractivity contribution in [2.75, 3.05) is 25.8 Å². The molecule has 4 rings (SSSR count). The maximum atomic E-state index is 12.9. The van der Waals surface area contributed by atoms with Gasteiger partial charge in [0.1, 0.15) is 5.70 Å². The molecule has 0 bridgehead atoms. The minimum absolute atomic E-state index is 0.0350. The van der Waals surface area contributed by atoms with E-state index in [1.807, 2.05) is 49.3 Å². The highest BCUT2D eigenvalue weighted by atomic mass is 16.7. The van der Waals surface area contributed by atoms with Crippen LogP contribution in [-0.2, 0) is 4.79 Å². The molecule has 34 heavy (non-hydrogen) atoms. The summed E-state index contributed by atoms with van der Waals surface area (Å²) in [6.07, 6.45) is 3.09. The Labute approximate surface area is 197 Å². The fraction of sp³-hybridized carbons (Fsp3) is 0.115. The number of benzene rings is 3. The van der Waals surface area contributed by atoms with E-state index in [4.69, 9.17) is 9.47 Å². The van der Waals surface area contributed by atoms with Crippen LogP contribution in [0, 0.1) is 0 Å². The third-order valence-electron chi connectivity index (χ3n) is 5.03. The molecule has 0 unspecified atom stereocenters. The van der Waals surface area contributed by atoms with Crippen molar-refractivity contribution in [2.45, 2.75) is 0 Å². The molecule has 0 spiro atoms. The van der Waals surface area contributed by atoms with Crippen molar-refractivity contribution in [2.24, 2.45) is 5.10 Å². The number of amides is 2. The van der Waals surface area contributed by atoms with Gasteiger partial charge in [0.15, 0.2) is 11.5 Å². The lowest BCUT2D eigenvalue weighted by atomic mass is 10.1. The lowest BCUT2D eigenvalue weighted by Crippen LogP contribution is -2.32. The number of ether oxygens (including phenoxy) is 2. The standard InChI is InChI=1S/C26H24N4O4/c1-30(2)21-11-8-18(9-12-21)16-27-29-26(32)22(28-25(31)20-6-4-3-5-7-20)14-19-10-13-23-24(15-19)34-17-33-23/h3-16H,17H2,1-2H3,(H,28,31)(H,29,32)/b22-14+,27-16-. The largest absolute Gasteiger partial charge is 0.454 e. The van der Waals surface area contributed by atoms with E-state index in [9.17, 15) is 9.59 Å². The van der Waals surface area contributed by atoms with Crippen LogP contribution < -0.4 is 25.1 Å². The predicted molar refractivity (Wildman–Crippen MR) is 131 cm³/mol. The Bertz CT molecular complexity index is 1240. The number of hydrogen-bond acceptors (Lipinski definition) is 6. The van der Waals surface area contributed by atoms with Crippen molar-refractivity contribution in [1.29, 1.82) is 0 Å². The zero-order chi connectivity index (χ0) is 23.9. The van der Waals surface area contributed by atoms with Crippen LogP contribution in [0.1, 0.15) is 21.5 Å². The van der Waals surface area contributed by atoms with Crippen LogP contribution in [0.2, 0.25) is 0 Å². The van der Waals surface area contributed by atoms with E-state index in [-0.39, 0.29) is 12.5 Å². The second kappa shape index (κ2) is 10.4. The fourth-order valence-corrected chi connectivity index (χ4v) is 3.20. The maximum Gasteiger partial charge on any atom is 0.287 e. The highest BCUT2D eigenvalue weighted by Crippen LogP contribution is 2.33. The van der Waals surface area contributed by atoms with Gasteiger partial charge in [-0.25, -0.2) is 5.43 Å². The van der Waals surface area contributed by atoms with Crippen molar-refractivity contribution in [3.8, 4) is 11.5 Å². The molecule has 0 saturated carbocycles. The summed E-state index contributed by atoms with van der Waals surface area (Å²) in [5.74, 6) is 0.220. The molecule has 3 aromatic carbocycles. The van der Waals surface area contributed by atoms with Gasteiger partial charge in [0.05, 0.1) is 6.21 Å². The van der Waals surface area contributed by atoms with Gasteiger partial charge in [-0.1, -0.05) is 36.4 Å². The van der Waals surface area contributed by atoms with E-state index in [0.717, 1.165) is 11.3 Å². The van der Waals surface area contributed by atoms with Gasteiger partial charge < -0.3 is 19.7 Å². The van der Waals surface area contributed by atoms with Crippen molar-refractivity contribution < 1.29 is 19.1 Å². The summed E-state index contributed by atoms with van der Waals surface area (Å²) in [7, 11) is 3.92. The summed E-state index contributed by atoms with van der Waals surface area (Å²) in [5.41, 5.74) is 5.47. The number of rotatable bonds is 7. The molecule has 1 heterocycles. The number of hydrogen-bond donors (Lipinski definition) is 2. The highest BCUT2D eigenvalue weighted by Gasteiger charge is 2.16. The first kappa shape index (κ1) is 22.6. The molecule has 0 saturated heterocycles. The smallest absolute Gasteiger partial charge is 0.287 e. The Morgan fingerprint density at radius 3 is 2.35 bits per heavy atom. The van der Waals surface area contributed by atoms with Crippen molar-refractivity contribution in [3.05, 3.63) is 95.2 Å². The zero-order valence-electron chi connectivity index (χ0n) is 18.8. The van der Waals surface area contributed by atoms with Crippen LogP contribution >= 0.6 is 0 Å². The topological polar surface area (TPSA) is 92.3 Å². The average Bonchev–Trinajstić information content (AvgIpc) is 3.32. The van der Waals surface area contributed by atoms with E-state index < -0.39 is 11.8 Å². The van der Waals surface area contributed by atoms with Crippen LogP contribution in [0.3, 0.4) is 0 Å². The lowest BCUT2D eigenvalue weighted by Gasteiger charge is -2.11. The number of carbonyl (C=O) groups excluding carboxylic acids is 2. The van der Waals surface area contributed by atoms with E-state index in [1.54, 1.807) is 48.5 Å². The molecular weight excluding hydrogens is 432 g/mol. The lowest BCUT2D eigenvalue weighted by molar-refractivity contribution is -0.117. The Hall–Kier alpha value is -4.59. The molecule has 1 aliphatic heterocycles. The van der Waals surface area contributed by atoms with Gasteiger partial charge in [-0.2, -0.15) is 5.10 Å². The van der Waals surface area contributed by atoms with Crippen molar-refractivity contribution >= 4 is 29.8 Å².